The second-order valence-corrected chi connectivity index (χ2v) is 31.4. The Morgan fingerprint density at radius 3 is 1.84 bits per heavy atom. The number of nitrogens with one attached hydrogen (secondary N) is 2. The van der Waals surface area contributed by atoms with Crippen molar-refractivity contribution in [1.82, 2.24) is 25.0 Å². The number of rotatable bonds is 21. The van der Waals surface area contributed by atoms with E-state index in [0.717, 1.165) is 93.7 Å². The quantitative estimate of drug-likeness (QED) is 0.0150. The van der Waals surface area contributed by atoms with Gasteiger partial charge in [-0.2, -0.15) is 0 Å². The van der Waals surface area contributed by atoms with Crippen LogP contribution in [0.25, 0.3) is 38.2 Å². The van der Waals surface area contributed by atoms with Gasteiger partial charge in [0.2, 0.25) is 17.2 Å². The predicted octanol–water partition coefficient (Wildman–Crippen LogP) is 6.80. The molecule has 0 radical (unpaired) electrons. The maximum absolute atomic E-state index is 13.1. The Bertz CT molecular complexity index is 4230. The molecule has 2 amide bonds. The number of carbonyl (C=O) groups excluding carboxylic acids is 2. The van der Waals surface area contributed by atoms with E-state index in [1.165, 1.54) is 49.7 Å². The highest BCUT2D eigenvalue weighted by molar-refractivity contribution is 7.02. The molecule has 3 aliphatic heterocycles. The number of amides is 2. The van der Waals surface area contributed by atoms with E-state index in [9.17, 15) is 29.7 Å². The topological polar surface area (TPSA) is 152 Å². The van der Waals surface area contributed by atoms with Gasteiger partial charge in [-0.05, 0) is 179 Å². The van der Waals surface area contributed by atoms with Gasteiger partial charge in [-0.15, -0.1) is 0 Å². The fourth-order valence-electron chi connectivity index (χ4n) is 14.7. The first kappa shape index (κ1) is 64.1. The van der Waals surface area contributed by atoms with Gasteiger partial charge in [0.25, 0.3) is 0 Å². The minimum Gasteiger partial charge on any atom is -0.423 e. The first-order chi connectivity index (χ1) is 43.1. The SMILES string of the molecule is C=C(C)C(=O)NCCCN(Cc1ccccc1B(O)O)Cc1c2ccccc2c(CN(CCCNC(=O)C(C)(C)C)Cc2ccccc2B(O)O)c2ccc(-c3ccc(C)c(C4=c5ccc6c(c5[Si](C)(C)c5c4ccc4c5CCCN4C)CCC[N+]=6C)c3)cc12. The normalized spacial score (nSPS) is 14.4. The van der Waals surface area contributed by atoms with E-state index >= 15 is 0 Å². The van der Waals surface area contributed by atoms with Crippen LogP contribution in [0.2, 0.25) is 13.1 Å². The molecule has 0 fully saturated rings. The number of carbonyl (C=O) groups is 2. The van der Waals surface area contributed by atoms with Crippen molar-refractivity contribution in [3.8, 4) is 11.1 Å². The first-order valence-corrected chi connectivity index (χ1v) is 35.4. The van der Waals surface area contributed by atoms with Crippen LogP contribution in [0.4, 0.5) is 5.69 Å². The lowest BCUT2D eigenvalue weighted by molar-refractivity contribution is -0.128. The predicted molar refractivity (Wildman–Crippen MR) is 374 cm³/mol. The summed E-state index contributed by atoms with van der Waals surface area (Å²) in [4.78, 5) is 33.1. The lowest BCUT2D eigenvalue weighted by Crippen LogP contribution is -2.67. The van der Waals surface area contributed by atoms with Crippen LogP contribution < -0.4 is 52.0 Å². The largest absolute Gasteiger partial charge is 0.488 e. The maximum atomic E-state index is 13.1. The molecule has 11 rings (SSSR count). The molecule has 0 saturated carbocycles. The van der Waals surface area contributed by atoms with E-state index in [4.69, 9.17) is 0 Å². The van der Waals surface area contributed by atoms with Crippen molar-refractivity contribution in [2.75, 3.05) is 58.3 Å². The number of hydrogen-bond acceptors (Lipinski definition) is 9. The molecule has 0 atom stereocenters. The standard InChI is InChI=1S/C75H88B2N6O6Si/c1-49(2)73(84)78-37-19-41-83(46-54-22-12-16-28-67(54)77(88)89)48-65-56-24-14-13-23-55(56)64(47-82(42-20-38-79-74(85)75(4,5)6)45-53-21-11-15-27-66(53)76(86)87)57-32-31-52(44-63(57)65)51-30-29-50(3)62(43-51)70-60-33-35-68-58(25-17-39-80(68)7)71(60)90(9,10)72-59-26-18-40-81(8)69(59)36-34-61(70)72/h11-16,21-24,27-36,43-44,86-89H,1,17-20,25-26,37-42,45-48H2,2-10H3,(H-,78,79,84,85)/p+1. The molecule has 3 aliphatic rings. The number of fused-ring (bicyclic) bond motifs is 8. The molecule has 15 heteroatoms. The van der Waals surface area contributed by atoms with Crippen LogP contribution in [0.3, 0.4) is 0 Å². The summed E-state index contributed by atoms with van der Waals surface area (Å²) in [7, 11) is -1.07. The van der Waals surface area contributed by atoms with Gasteiger partial charge in [0, 0.05) is 101 Å². The van der Waals surface area contributed by atoms with E-state index in [1.54, 1.807) is 29.4 Å². The summed E-state index contributed by atoms with van der Waals surface area (Å²) in [5.74, 6) is -0.196. The highest BCUT2D eigenvalue weighted by Gasteiger charge is 2.42. The number of aryl methyl sites for hydroxylation is 1. The zero-order valence-corrected chi connectivity index (χ0v) is 55.3. The minimum atomic E-state index is -2.28. The van der Waals surface area contributed by atoms with Gasteiger partial charge in [-0.3, -0.25) is 19.4 Å². The summed E-state index contributed by atoms with van der Waals surface area (Å²) in [5.41, 5.74) is 16.5. The van der Waals surface area contributed by atoms with Crippen molar-refractivity contribution < 1.29 is 29.7 Å². The fourth-order valence-corrected chi connectivity index (χ4v) is 18.7. The molecular weight excluding hydrogens is 1130 g/mol. The number of hydrogen-bond donors (Lipinski definition) is 6. The molecule has 0 aromatic heterocycles. The highest BCUT2D eigenvalue weighted by atomic mass is 28.3. The molecule has 0 unspecified atom stereocenters. The van der Waals surface area contributed by atoms with Gasteiger partial charge in [0.15, 0.2) is 0 Å². The van der Waals surface area contributed by atoms with Crippen molar-refractivity contribution in [2.24, 2.45) is 5.41 Å². The minimum absolute atomic E-state index is 0.00993. The van der Waals surface area contributed by atoms with Gasteiger partial charge < -0.3 is 35.6 Å². The zero-order valence-electron chi connectivity index (χ0n) is 54.3. The van der Waals surface area contributed by atoms with Crippen molar-refractivity contribution in [1.29, 1.82) is 0 Å². The average Bonchev–Trinajstić information content (AvgIpc) is 0.704. The lowest BCUT2D eigenvalue weighted by atomic mass is 9.77. The van der Waals surface area contributed by atoms with E-state index < -0.39 is 27.7 Å². The van der Waals surface area contributed by atoms with Crippen molar-refractivity contribution in [3.63, 3.8) is 0 Å². The summed E-state index contributed by atoms with van der Waals surface area (Å²) in [6.07, 6.45) is 5.73. The fraction of sp³-hybridized carbons (Fsp3) is 0.347. The number of benzene rings is 8. The highest BCUT2D eigenvalue weighted by Crippen LogP contribution is 2.40. The summed E-state index contributed by atoms with van der Waals surface area (Å²) >= 11 is 0. The van der Waals surface area contributed by atoms with Crippen molar-refractivity contribution in [2.45, 2.75) is 112 Å². The van der Waals surface area contributed by atoms with E-state index in [0.29, 0.717) is 81.7 Å². The molecule has 8 aromatic rings. The molecule has 90 heavy (non-hydrogen) atoms. The van der Waals surface area contributed by atoms with Crippen LogP contribution in [-0.2, 0) is 48.6 Å². The van der Waals surface area contributed by atoms with Gasteiger partial charge >= 0.3 is 14.2 Å². The Hall–Kier alpha value is -7.46. The van der Waals surface area contributed by atoms with Gasteiger partial charge in [-0.1, -0.05) is 144 Å². The van der Waals surface area contributed by atoms with Crippen LogP contribution in [-0.4, -0.2) is 117 Å². The van der Waals surface area contributed by atoms with Crippen molar-refractivity contribution in [3.05, 3.63) is 206 Å². The average molecular weight is 1220 g/mol. The van der Waals surface area contributed by atoms with Crippen molar-refractivity contribution >= 4 is 88.2 Å². The van der Waals surface area contributed by atoms with E-state index in [1.807, 2.05) is 57.2 Å². The Morgan fingerprint density at radius 1 is 0.656 bits per heavy atom. The van der Waals surface area contributed by atoms with Crippen LogP contribution in [0.5, 0.6) is 0 Å². The molecule has 0 bridgehead atoms. The Balaban J connectivity index is 1.11. The molecule has 12 nitrogen and oxygen atoms in total. The first-order valence-electron chi connectivity index (χ1n) is 32.4. The second-order valence-electron chi connectivity index (χ2n) is 27.1. The molecule has 0 saturated heterocycles. The molecule has 0 spiro atoms. The third-order valence-corrected chi connectivity index (χ3v) is 22.9. The zero-order chi connectivity index (χ0) is 63.8. The smallest absolute Gasteiger partial charge is 0.423 e. The lowest BCUT2D eigenvalue weighted by Gasteiger charge is -2.40. The van der Waals surface area contributed by atoms with Crippen LogP contribution in [0.1, 0.15) is 103 Å². The number of anilines is 1. The van der Waals surface area contributed by atoms with Crippen LogP contribution in [0, 0.1) is 12.3 Å². The van der Waals surface area contributed by atoms with Gasteiger partial charge in [0.1, 0.15) is 21.7 Å². The second kappa shape index (κ2) is 26.8. The molecule has 6 N–H and O–H groups in total. The third-order valence-electron chi connectivity index (χ3n) is 19.3. The van der Waals surface area contributed by atoms with E-state index in [2.05, 4.69) is 156 Å². The Labute approximate surface area is 533 Å². The summed E-state index contributed by atoms with van der Waals surface area (Å²) in [6, 6.07) is 47.3. The maximum Gasteiger partial charge on any atom is 0.488 e. The summed E-state index contributed by atoms with van der Waals surface area (Å²) < 4.78 is 2.47. The Kier molecular flexibility index (Phi) is 19.1. The van der Waals surface area contributed by atoms with Crippen LogP contribution in [0.15, 0.2) is 146 Å². The summed E-state index contributed by atoms with van der Waals surface area (Å²) in [6.45, 7) is 24.9. The Morgan fingerprint density at radius 2 is 1.22 bits per heavy atom. The molecule has 3 heterocycles. The number of nitrogens with zero attached hydrogens (tertiary/aromatic N) is 4. The molecule has 0 aliphatic carbocycles. The third kappa shape index (κ3) is 13.1. The summed E-state index contributed by atoms with van der Waals surface area (Å²) in [5, 5.41) is 59.2. The van der Waals surface area contributed by atoms with Crippen LogP contribution >= 0.6 is 0 Å². The molecule has 464 valence electrons. The van der Waals surface area contributed by atoms with E-state index in [-0.39, 0.29) is 11.8 Å². The van der Waals surface area contributed by atoms with Gasteiger partial charge in [0.05, 0.1) is 0 Å². The monoisotopic (exact) mass is 1220 g/mol. The molecule has 8 aromatic carbocycles. The van der Waals surface area contributed by atoms with Gasteiger partial charge in [-0.25, -0.2) is 4.58 Å². The molecular formula is C75H89B2N6O6Si+.